The van der Waals surface area contributed by atoms with Crippen molar-refractivity contribution in [2.24, 2.45) is 0 Å². The van der Waals surface area contributed by atoms with Crippen LogP contribution in [0.1, 0.15) is 41.0 Å². The number of hydrogen-bond donors (Lipinski definition) is 1. The summed E-state index contributed by atoms with van der Waals surface area (Å²) >= 11 is 1.87. The number of esters is 1. The predicted octanol–water partition coefficient (Wildman–Crippen LogP) is 2.45. The first kappa shape index (κ1) is 15.8. The molecule has 3 nitrogen and oxygen atoms in total. The minimum Gasteiger partial charge on any atom is -0.465 e. The van der Waals surface area contributed by atoms with Crippen LogP contribution in [0.4, 0.5) is 0 Å². The van der Waals surface area contributed by atoms with Gasteiger partial charge in [-0.2, -0.15) is 11.8 Å². The van der Waals surface area contributed by atoms with E-state index in [1.54, 1.807) is 0 Å². The van der Waals surface area contributed by atoms with Gasteiger partial charge in [0.1, 0.15) is 5.54 Å². The molecule has 0 fully saturated rings. The maximum atomic E-state index is 11.8. The molecule has 0 aromatic rings. The van der Waals surface area contributed by atoms with Crippen molar-refractivity contribution in [2.45, 2.75) is 51.8 Å². The van der Waals surface area contributed by atoms with Gasteiger partial charge in [0, 0.05) is 0 Å². The summed E-state index contributed by atoms with van der Waals surface area (Å²) in [5, 5.41) is 3.83. The van der Waals surface area contributed by atoms with Gasteiger partial charge in [0.05, 0.1) is 6.61 Å². The molecule has 0 rings (SSSR count). The quantitative estimate of drug-likeness (QED) is 0.669. The Bertz CT molecular complexity index is 209. The molecule has 0 aliphatic carbocycles. The highest BCUT2D eigenvalue weighted by atomic mass is 32.2. The van der Waals surface area contributed by atoms with E-state index in [2.05, 4.69) is 19.2 Å². The average molecular weight is 247 g/mol. The molecule has 0 saturated heterocycles. The van der Waals surface area contributed by atoms with Crippen LogP contribution in [-0.4, -0.2) is 35.7 Å². The molecular formula is C12H25NO2S. The number of rotatable bonds is 8. The summed E-state index contributed by atoms with van der Waals surface area (Å²) in [7, 11) is 0. The number of carbonyl (C=O) groups excluding carboxylic acids is 1. The lowest BCUT2D eigenvalue weighted by Crippen LogP contribution is -2.50. The standard InChI is InChI=1S/C12H25NO2S/c1-6-13-12(5,11(14)15-7-2)8-9-16-10(3)4/h10,13H,6-9H2,1-5H3. The van der Waals surface area contributed by atoms with E-state index in [1.807, 2.05) is 32.5 Å². The number of nitrogens with one attached hydrogen (secondary N) is 1. The Morgan fingerprint density at radius 1 is 1.44 bits per heavy atom. The molecule has 0 aromatic carbocycles. The van der Waals surface area contributed by atoms with E-state index in [-0.39, 0.29) is 5.97 Å². The summed E-state index contributed by atoms with van der Waals surface area (Å²) in [6.07, 6.45) is 0.808. The number of likely N-dealkylation sites (N-methyl/N-ethyl adjacent to an activating group) is 1. The maximum absolute atomic E-state index is 11.8. The van der Waals surface area contributed by atoms with Crippen molar-refractivity contribution in [1.82, 2.24) is 5.32 Å². The van der Waals surface area contributed by atoms with Crippen LogP contribution in [0.3, 0.4) is 0 Å². The van der Waals surface area contributed by atoms with E-state index in [9.17, 15) is 4.79 Å². The number of thioether (sulfide) groups is 1. The summed E-state index contributed by atoms with van der Waals surface area (Å²) in [5.74, 6) is 0.834. The van der Waals surface area contributed by atoms with Crippen molar-refractivity contribution in [2.75, 3.05) is 18.9 Å². The van der Waals surface area contributed by atoms with Gasteiger partial charge in [-0.3, -0.25) is 4.79 Å². The van der Waals surface area contributed by atoms with Crippen molar-refractivity contribution in [3.05, 3.63) is 0 Å². The van der Waals surface area contributed by atoms with Gasteiger partial charge >= 0.3 is 5.97 Å². The van der Waals surface area contributed by atoms with Crippen LogP contribution in [0.2, 0.25) is 0 Å². The van der Waals surface area contributed by atoms with Crippen LogP contribution < -0.4 is 5.32 Å². The Kier molecular flexibility index (Phi) is 7.85. The van der Waals surface area contributed by atoms with Crippen LogP contribution >= 0.6 is 11.8 Å². The lowest BCUT2D eigenvalue weighted by molar-refractivity contribution is -0.150. The van der Waals surface area contributed by atoms with Gasteiger partial charge in [-0.15, -0.1) is 0 Å². The van der Waals surface area contributed by atoms with Crippen molar-refractivity contribution in [3.63, 3.8) is 0 Å². The average Bonchev–Trinajstić information content (AvgIpc) is 2.17. The molecule has 0 aromatic heterocycles. The molecule has 0 radical (unpaired) electrons. The van der Waals surface area contributed by atoms with Crippen LogP contribution in [-0.2, 0) is 9.53 Å². The molecule has 0 aliphatic heterocycles. The van der Waals surface area contributed by atoms with Crippen molar-refractivity contribution >= 4 is 17.7 Å². The Labute approximate surface area is 104 Å². The number of carbonyl (C=O) groups is 1. The van der Waals surface area contributed by atoms with Gasteiger partial charge in [0.2, 0.25) is 0 Å². The molecule has 0 amide bonds. The van der Waals surface area contributed by atoms with E-state index < -0.39 is 5.54 Å². The zero-order chi connectivity index (χ0) is 12.6. The van der Waals surface area contributed by atoms with Crippen molar-refractivity contribution < 1.29 is 9.53 Å². The first-order valence-corrected chi connectivity index (χ1v) is 7.05. The molecule has 0 spiro atoms. The summed E-state index contributed by atoms with van der Waals surface area (Å²) in [5.41, 5.74) is -0.535. The van der Waals surface area contributed by atoms with E-state index in [1.165, 1.54) is 0 Å². The van der Waals surface area contributed by atoms with Gasteiger partial charge in [-0.25, -0.2) is 0 Å². The fraction of sp³-hybridized carbons (Fsp3) is 0.917. The van der Waals surface area contributed by atoms with E-state index in [0.717, 1.165) is 18.7 Å². The van der Waals surface area contributed by atoms with E-state index in [0.29, 0.717) is 11.9 Å². The molecule has 1 unspecified atom stereocenters. The summed E-state index contributed by atoms with van der Waals surface area (Å²) in [4.78, 5) is 11.8. The Morgan fingerprint density at radius 3 is 2.50 bits per heavy atom. The van der Waals surface area contributed by atoms with Gasteiger partial charge in [-0.1, -0.05) is 20.8 Å². The minimum absolute atomic E-state index is 0.138. The fourth-order valence-corrected chi connectivity index (χ4v) is 2.44. The van der Waals surface area contributed by atoms with Crippen LogP contribution in [0.25, 0.3) is 0 Å². The molecule has 0 bridgehead atoms. The lowest BCUT2D eigenvalue weighted by atomic mass is 9.99. The first-order valence-electron chi connectivity index (χ1n) is 6.00. The smallest absolute Gasteiger partial charge is 0.326 e. The zero-order valence-corrected chi connectivity index (χ0v) is 11.9. The molecule has 1 atom stereocenters. The third-order valence-electron chi connectivity index (χ3n) is 2.35. The third-order valence-corrected chi connectivity index (χ3v) is 3.45. The SMILES string of the molecule is CCNC(C)(CCSC(C)C)C(=O)OCC. The molecule has 96 valence electrons. The lowest BCUT2D eigenvalue weighted by Gasteiger charge is -2.28. The molecule has 0 saturated carbocycles. The number of hydrogen-bond acceptors (Lipinski definition) is 4. The second-order valence-electron chi connectivity index (χ2n) is 4.25. The minimum atomic E-state index is -0.535. The highest BCUT2D eigenvalue weighted by molar-refractivity contribution is 7.99. The number of ether oxygens (including phenoxy) is 1. The van der Waals surface area contributed by atoms with Gasteiger partial charge in [0.25, 0.3) is 0 Å². The largest absolute Gasteiger partial charge is 0.465 e. The molecule has 0 heterocycles. The topological polar surface area (TPSA) is 38.3 Å². The van der Waals surface area contributed by atoms with Crippen LogP contribution in [0, 0.1) is 0 Å². The summed E-state index contributed by atoms with van der Waals surface area (Å²) in [6, 6.07) is 0. The summed E-state index contributed by atoms with van der Waals surface area (Å²) in [6.45, 7) is 11.3. The monoisotopic (exact) mass is 247 g/mol. The molecule has 1 N–H and O–H groups in total. The second kappa shape index (κ2) is 7.96. The van der Waals surface area contributed by atoms with Gasteiger partial charge in [0.15, 0.2) is 0 Å². The van der Waals surface area contributed by atoms with Gasteiger partial charge < -0.3 is 10.1 Å². The zero-order valence-electron chi connectivity index (χ0n) is 11.1. The molecule has 0 aliphatic rings. The fourth-order valence-electron chi connectivity index (χ4n) is 1.44. The van der Waals surface area contributed by atoms with E-state index >= 15 is 0 Å². The van der Waals surface area contributed by atoms with Crippen LogP contribution in [0.15, 0.2) is 0 Å². The highest BCUT2D eigenvalue weighted by Crippen LogP contribution is 2.18. The first-order chi connectivity index (χ1) is 7.46. The molecular weight excluding hydrogens is 222 g/mol. The van der Waals surface area contributed by atoms with Crippen molar-refractivity contribution in [1.29, 1.82) is 0 Å². The Morgan fingerprint density at radius 2 is 2.06 bits per heavy atom. The Hall–Kier alpha value is -0.220. The van der Waals surface area contributed by atoms with Crippen molar-refractivity contribution in [3.8, 4) is 0 Å². The summed E-state index contributed by atoms with van der Waals surface area (Å²) < 4.78 is 5.11. The third kappa shape index (κ3) is 5.75. The Balaban J connectivity index is 4.26. The predicted molar refractivity (Wildman–Crippen MR) is 70.9 cm³/mol. The van der Waals surface area contributed by atoms with E-state index in [4.69, 9.17) is 4.74 Å². The second-order valence-corrected chi connectivity index (χ2v) is 5.94. The molecule has 4 heteroatoms. The maximum Gasteiger partial charge on any atom is 0.326 e. The highest BCUT2D eigenvalue weighted by Gasteiger charge is 2.33. The van der Waals surface area contributed by atoms with Gasteiger partial charge in [-0.05, 0) is 37.8 Å². The normalized spacial score (nSPS) is 14.9. The van der Waals surface area contributed by atoms with Crippen LogP contribution in [0.5, 0.6) is 0 Å². The molecule has 16 heavy (non-hydrogen) atoms.